The summed E-state index contributed by atoms with van der Waals surface area (Å²) in [5.74, 6) is 3.46. The van der Waals surface area contributed by atoms with Gasteiger partial charge in [0.25, 0.3) is 0 Å². The predicted molar refractivity (Wildman–Crippen MR) is 76.1 cm³/mol. The number of benzene rings is 1. The number of fused-ring (bicyclic) bond motifs is 3. The van der Waals surface area contributed by atoms with E-state index in [1.807, 2.05) is 0 Å². The number of hydrogen-bond acceptors (Lipinski definition) is 3. The molecule has 1 heterocycles. The van der Waals surface area contributed by atoms with Crippen LogP contribution in [0.5, 0.6) is 0 Å². The van der Waals surface area contributed by atoms with E-state index in [2.05, 4.69) is 4.98 Å². The number of anilines is 1. The summed E-state index contributed by atoms with van der Waals surface area (Å²) in [6.45, 7) is 0. The molecule has 0 aliphatic heterocycles. The van der Waals surface area contributed by atoms with Crippen molar-refractivity contribution in [2.24, 2.45) is 17.8 Å². The van der Waals surface area contributed by atoms with Gasteiger partial charge in [-0.1, -0.05) is 18.0 Å². The highest BCUT2D eigenvalue weighted by Crippen LogP contribution is 2.49. The van der Waals surface area contributed by atoms with Crippen molar-refractivity contribution >= 4 is 28.4 Å². The fourth-order valence-electron chi connectivity index (χ4n) is 3.95. The van der Waals surface area contributed by atoms with Crippen LogP contribution in [-0.2, 0) is 6.42 Å². The van der Waals surface area contributed by atoms with Crippen LogP contribution in [0.25, 0.3) is 11.1 Å². The first-order valence-electron chi connectivity index (χ1n) is 7.03. The van der Waals surface area contributed by atoms with Crippen LogP contribution in [0.15, 0.2) is 16.5 Å². The van der Waals surface area contributed by atoms with Gasteiger partial charge in [-0.3, -0.25) is 0 Å². The summed E-state index contributed by atoms with van der Waals surface area (Å²) in [6.07, 6.45) is 6.57. The molecule has 2 aromatic rings. The maximum atomic E-state index is 6.01. The van der Waals surface area contributed by atoms with E-state index in [9.17, 15) is 0 Å². The Kier molecular flexibility index (Phi) is 2.52. The van der Waals surface area contributed by atoms with E-state index in [1.165, 1.54) is 25.7 Å². The quantitative estimate of drug-likeness (QED) is 0.842. The highest BCUT2D eigenvalue weighted by atomic mass is 35.5. The van der Waals surface area contributed by atoms with Crippen LogP contribution < -0.4 is 5.73 Å². The second kappa shape index (κ2) is 4.14. The molecule has 2 aliphatic rings. The third-order valence-corrected chi connectivity index (χ3v) is 5.20. The first kappa shape index (κ1) is 11.6. The number of nitrogens with two attached hydrogens (primary N) is 1. The van der Waals surface area contributed by atoms with Crippen LogP contribution in [0, 0.1) is 17.8 Å². The van der Waals surface area contributed by atoms with E-state index >= 15 is 0 Å². The highest BCUT2D eigenvalue weighted by Gasteiger charge is 2.39. The minimum atomic E-state index is 0.548. The molecule has 1 aromatic heterocycles. The van der Waals surface area contributed by atoms with Crippen molar-refractivity contribution in [3.05, 3.63) is 23.0 Å². The van der Waals surface area contributed by atoms with E-state index in [1.54, 1.807) is 12.1 Å². The van der Waals surface area contributed by atoms with Crippen molar-refractivity contribution in [1.82, 2.24) is 4.98 Å². The Morgan fingerprint density at radius 3 is 2.95 bits per heavy atom. The van der Waals surface area contributed by atoms with Gasteiger partial charge in [0.2, 0.25) is 0 Å². The number of nitrogen functional groups attached to an aromatic ring is 1. The summed E-state index contributed by atoms with van der Waals surface area (Å²) in [6, 6.07) is 3.56. The minimum absolute atomic E-state index is 0.548. The second-order valence-electron chi connectivity index (χ2n) is 6.09. The van der Waals surface area contributed by atoms with Crippen molar-refractivity contribution in [3.8, 4) is 0 Å². The lowest BCUT2D eigenvalue weighted by atomic mass is 9.86. The van der Waals surface area contributed by atoms with E-state index in [0.29, 0.717) is 10.7 Å². The maximum absolute atomic E-state index is 6.01. The lowest BCUT2D eigenvalue weighted by Gasteiger charge is -2.19. The van der Waals surface area contributed by atoms with E-state index in [0.717, 1.165) is 41.2 Å². The normalized spacial score (nSPS) is 29.4. The van der Waals surface area contributed by atoms with Crippen molar-refractivity contribution in [1.29, 1.82) is 0 Å². The molecule has 3 unspecified atom stereocenters. The number of aromatic nitrogens is 1. The van der Waals surface area contributed by atoms with Gasteiger partial charge in [-0.05, 0) is 43.1 Å². The van der Waals surface area contributed by atoms with Crippen LogP contribution in [0.1, 0.15) is 31.6 Å². The van der Waals surface area contributed by atoms with Crippen LogP contribution in [0.3, 0.4) is 0 Å². The lowest BCUT2D eigenvalue weighted by molar-refractivity contribution is 0.310. The molecule has 2 aliphatic carbocycles. The zero-order valence-electron chi connectivity index (χ0n) is 10.7. The maximum Gasteiger partial charge on any atom is 0.195 e. The average molecular weight is 277 g/mol. The molecular weight excluding hydrogens is 260 g/mol. The van der Waals surface area contributed by atoms with Gasteiger partial charge in [-0.15, -0.1) is 0 Å². The monoisotopic (exact) mass is 276 g/mol. The van der Waals surface area contributed by atoms with Crippen molar-refractivity contribution < 1.29 is 4.42 Å². The van der Waals surface area contributed by atoms with Crippen molar-refractivity contribution in [2.75, 3.05) is 5.73 Å². The molecule has 19 heavy (non-hydrogen) atoms. The Labute approximate surface area is 117 Å². The summed E-state index contributed by atoms with van der Waals surface area (Å²) in [5.41, 5.74) is 7.91. The minimum Gasteiger partial charge on any atom is -0.441 e. The first-order valence-corrected chi connectivity index (χ1v) is 7.41. The Hall–Kier alpha value is -1.22. The van der Waals surface area contributed by atoms with Crippen LogP contribution >= 0.6 is 11.6 Å². The summed E-state index contributed by atoms with van der Waals surface area (Å²) in [7, 11) is 0. The second-order valence-corrected chi connectivity index (χ2v) is 6.50. The van der Waals surface area contributed by atoms with Crippen LogP contribution in [-0.4, -0.2) is 4.98 Å². The summed E-state index contributed by atoms with van der Waals surface area (Å²) < 4.78 is 5.82. The van der Waals surface area contributed by atoms with E-state index in [-0.39, 0.29) is 0 Å². The molecule has 2 fully saturated rings. The fourth-order valence-corrected chi connectivity index (χ4v) is 4.11. The Bertz CT molecular complexity index is 597. The first-order chi connectivity index (χ1) is 9.19. The zero-order chi connectivity index (χ0) is 13.0. The van der Waals surface area contributed by atoms with Gasteiger partial charge < -0.3 is 10.2 Å². The molecule has 0 amide bonds. The molecule has 0 radical (unpaired) electrons. The topological polar surface area (TPSA) is 52.0 Å². The van der Waals surface area contributed by atoms with Crippen LogP contribution in [0.2, 0.25) is 5.02 Å². The SMILES string of the molecule is Nc1cc2oc(CC3CC4CCC3C4)nc2cc1Cl. The molecule has 1 aromatic carbocycles. The third-order valence-electron chi connectivity index (χ3n) is 4.87. The molecule has 4 heteroatoms. The highest BCUT2D eigenvalue weighted by molar-refractivity contribution is 6.33. The largest absolute Gasteiger partial charge is 0.441 e. The summed E-state index contributed by atoms with van der Waals surface area (Å²) in [5, 5.41) is 0.548. The number of hydrogen-bond donors (Lipinski definition) is 1. The summed E-state index contributed by atoms with van der Waals surface area (Å²) >= 11 is 6.01. The molecule has 2 saturated carbocycles. The standard InChI is InChI=1S/C15H17ClN2O/c16-11-6-13-14(7-12(11)17)19-15(18-13)5-10-4-8-1-2-9(10)3-8/h6-10H,1-5,17H2. The third kappa shape index (κ3) is 1.91. The number of halogens is 1. The van der Waals surface area contributed by atoms with E-state index in [4.69, 9.17) is 21.8 Å². The van der Waals surface area contributed by atoms with Gasteiger partial charge in [-0.2, -0.15) is 0 Å². The van der Waals surface area contributed by atoms with Crippen LogP contribution in [0.4, 0.5) is 5.69 Å². The van der Waals surface area contributed by atoms with E-state index < -0.39 is 0 Å². The number of rotatable bonds is 2. The molecule has 3 atom stereocenters. The fraction of sp³-hybridized carbons (Fsp3) is 0.533. The Morgan fingerprint density at radius 1 is 1.32 bits per heavy atom. The molecule has 2 bridgehead atoms. The Morgan fingerprint density at radius 2 is 2.21 bits per heavy atom. The van der Waals surface area contributed by atoms with Gasteiger partial charge in [0.05, 0.1) is 10.7 Å². The molecule has 2 N–H and O–H groups in total. The van der Waals surface area contributed by atoms with Gasteiger partial charge in [0.1, 0.15) is 5.52 Å². The molecule has 3 nitrogen and oxygen atoms in total. The molecule has 0 saturated heterocycles. The lowest BCUT2D eigenvalue weighted by Crippen LogP contribution is -2.13. The van der Waals surface area contributed by atoms with Gasteiger partial charge in [-0.25, -0.2) is 4.98 Å². The Balaban J connectivity index is 1.61. The zero-order valence-corrected chi connectivity index (χ0v) is 11.5. The number of oxazole rings is 1. The smallest absolute Gasteiger partial charge is 0.195 e. The number of nitrogens with zero attached hydrogens (tertiary/aromatic N) is 1. The average Bonchev–Trinajstić information content (AvgIpc) is 3.05. The predicted octanol–water partition coefficient (Wildman–Crippen LogP) is 4.04. The van der Waals surface area contributed by atoms with Crippen molar-refractivity contribution in [2.45, 2.75) is 32.1 Å². The molecule has 0 spiro atoms. The molecule has 4 rings (SSSR count). The van der Waals surface area contributed by atoms with Gasteiger partial charge in [0.15, 0.2) is 11.5 Å². The van der Waals surface area contributed by atoms with Gasteiger partial charge in [0, 0.05) is 12.5 Å². The summed E-state index contributed by atoms with van der Waals surface area (Å²) in [4.78, 5) is 4.56. The van der Waals surface area contributed by atoms with Crippen molar-refractivity contribution in [3.63, 3.8) is 0 Å². The molecular formula is C15H17ClN2O. The van der Waals surface area contributed by atoms with Gasteiger partial charge >= 0.3 is 0 Å². The molecule has 100 valence electrons.